The van der Waals surface area contributed by atoms with Crippen LogP contribution in [0, 0.1) is 12.7 Å². The molecule has 3 aromatic carbocycles. The fourth-order valence-corrected chi connectivity index (χ4v) is 4.62. The van der Waals surface area contributed by atoms with Crippen molar-refractivity contribution in [3.8, 4) is 11.4 Å². The minimum Gasteiger partial charge on any atom is -0.351 e. The standard InChI is InChI=1S/C28H25FN4OS/c1-18-8-10-21(11-9-18)25-24(27-31-26(32-34-27)22-12-14-23(29)15-13-22)19(2)33(28(35)30-25)17-16-20-6-4-3-5-7-20/h3-15,25H,16-17H2,1-2H3,(H,30,35). The van der Waals surface area contributed by atoms with Gasteiger partial charge in [-0.3, -0.25) is 0 Å². The molecule has 1 unspecified atom stereocenters. The molecule has 0 saturated heterocycles. The quantitative estimate of drug-likeness (QED) is 0.334. The van der Waals surface area contributed by atoms with Crippen molar-refractivity contribution in [1.82, 2.24) is 20.4 Å². The molecule has 1 aliphatic heterocycles. The molecule has 1 N–H and O–H groups in total. The van der Waals surface area contributed by atoms with Crippen LogP contribution in [-0.4, -0.2) is 26.7 Å². The Kier molecular flexibility index (Phi) is 6.42. The molecule has 1 aromatic heterocycles. The number of halogens is 1. The van der Waals surface area contributed by atoms with Gasteiger partial charge < -0.3 is 14.7 Å². The largest absolute Gasteiger partial charge is 0.351 e. The van der Waals surface area contributed by atoms with E-state index in [0.29, 0.717) is 28.9 Å². The van der Waals surface area contributed by atoms with E-state index in [9.17, 15) is 4.39 Å². The van der Waals surface area contributed by atoms with E-state index < -0.39 is 0 Å². The maximum absolute atomic E-state index is 13.4. The summed E-state index contributed by atoms with van der Waals surface area (Å²) < 4.78 is 19.2. The molecule has 0 saturated carbocycles. The van der Waals surface area contributed by atoms with Gasteiger partial charge in [0.2, 0.25) is 5.82 Å². The third kappa shape index (κ3) is 4.86. The molecule has 7 heteroatoms. The fraction of sp³-hybridized carbons (Fsp3) is 0.179. The number of thiocarbonyl (C=S) groups is 1. The number of benzene rings is 3. The van der Waals surface area contributed by atoms with Gasteiger partial charge in [-0.1, -0.05) is 65.3 Å². The number of hydrogen-bond donors (Lipinski definition) is 1. The van der Waals surface area contributed by atoms with Crippen LogP contribution in [0.1, 0.15) is 35.5 Å². The second-order valence-corrected chi connectivity index (χ2v) is 9.00. The number of aryl methyl sites for hydroxylation is 1. The van der Waals surface area contributed by atoms with Gasteiger partial charge in [0.1, 0.15) is 5.82 Å². The number of nitrogens with zero attached hydrogens (tertiary/aromatic N) is 3. The van der Waals surface area contributed by atoms with E-state index in [1.54, 1.807) is 12.1 Å². The summed E-state index contributed by atoms with van der Waals surface area (Å²) in [5.41, 5.74) is 5.99. The second-order valence-electron chi connectivity index (χ2n) is 8.61. The van der Waals surface area contributed by atoms with Crippen LogP contribution >= 0.6 is 12.2 Å². The molecule has 176 valence electrons. The second kappa shape index (κ2) is 9.80. The molecule has 0 radical (unpaired) electrons. The van der Waals surface area contributed by atoms with Crippen molar-refractivity contribution >= 4 is 22.9 Å². The molecule has 35 heavy (non-hydrogen) atoms. The first-order valence-electron chi connectivity index (χ1n) is 11.5. The van der Waals surface area contributed by atoms with E-state index in [-0.39, 0.29) is 11.9 Å². The Labute approximate surface area is 209 Å². The number of hydrogen-bond acceptors (Lipinski definition) is 4. The summed E-state index contributed by atoms with van der Waals surface area (Å²) in [6.07, 6.45) is 0.840. The van der Waals surface area contributed by atoms with Gasteiger partial charge in [-0.15, -0.1) is 0 Å². The first-order chi connectivity index (χ1) is 17.0. The normalized spacial score (nSPS) is 15.9. The molecule has 2 heterocycles. The molecule has 5 rings (SSSR count). The third-order valence-electron chi connectivity index (χ3n) is 6.23. The summed E-state index contributed by atoms with van der Waals surface area (Å²) in [6, 6.07) is 24.5. The minimum absolute atomic E-state index is 0.238. The van der Waals surface area contributed by atoms with Gasteiger partial charge in [-0.05, 0) is 67.9 Å². The van der Waals surface area contributed by atoms with Gasteiger partial charge in [-0.25, -0.2) is 4.39 Å². The summed E-state index contributed by atoms with van der Waals surface area (Å²) >= 11 is 5.80. The van der Waals surface area contributed by atoms with Crippen LogP contribution in [0.2, 0.25) is 0 Å². The van der Waals surface area contributed by atoms with Gasteiger partial charge in [0.25, 0.3) is 5.89 Å². The Morgan fingerprint density at radius 3 is 2.40 bits per heavy atom. The van der Waals surface area contributed by atoms with E-state index in [1.165, 1.54) is 23.3 Å². The molecule has 1 atom stereocenters. The van der Waals surface area contributed by atoms with Crippen LogP contribution in [0.15, 0.2) is 89.1 Å². The van der Waals surface area contributed by atoms with Crippen molar-refractivity contribution in [3.63, 3.8) is 0 Å². The van der Waals surface area contributed by atoms with E-state index in [2.05, 4.69) is 63.7 Å². The van der Waals surface area contributed by atoms with Crippen molar-refractivity contribution < 1.29 is 8.91 Å². The van der Waals surface area contributed by atoms with Crippen LogP contribution in [0.5, 0.6) is 0 Å². The zero-order chi connectivity index (χ0) is 24.4. The first kappa shape index (κ1) is 22.9. The molecule has 0 amide bonds. The van der Waals surface area contributed by atoms with E-state index in [4.69, 9.17) is 16.7 Å². The zero-order valence-corrected chi connectivity index (χ0v) is 20.3. The molecule has 0 fully saturated rings. The maximum Gasteiger partial charge on any atom is 0.258 e. The van der Waals surface area contributed by atoms with Gasteiger partial charge >= 0.3 is 0 Å². The van der Waals surface area contributed by atoms with Crippen LogP contribution in [0.4, 0.5) is 4.39 Å². The lowest BCUT2D eigenvalue weighted by Crippen LogP contribution is -2.46. The Morgan fingerprint density at radius 1 is 0.971 bits per heavy atom. The van der Waals surface area contributed by atoms with Gasteiger partial charge in [0, 0.05) is 17.8 Å². The molecular weight excluding hydrogens is 459 g/mol. The molecule has 1 aliphatic rings. The Morgan fingerprint density at radius 2 is 1.69 bits per heavy atom. The predicted molar refractivity (Wildman–Crippen MR) is 139 cm³/mol. The topological polar surface area (TPSA) is 54.2 Å². The van der Waals surface area contributed by atoms with E-state index >= 15 is 0 Å². The smallest absolute Gasteiger partial charge is 0.258 e. The van der Waals surface area contributed by atoms with Crippen molar-refractivity contribution in [1.29, 1.82) is 0 Å². The minimum atomic E-state index is -0.311. The Bertz CT molecular complexity index is 1360. The van der Waals surface area contributed by atoms with Crippen molar-refractivity contribution in [2.24, 2.45) is 0 Å². The molecule has 4 aromatic rings. The third-order valence-corrected chi connectivity index (χ3v) is 6.57. The highest BCUT2D eigenvalue weighted by Gasteiger charge is 2.34. The first-order valence-corrected chi connectivity index (χ1v) is 11.9. The van der Waals surface area contributed by atoms with Crippen molar-refractivity contribution in [2.45, 2.75) is 26.3 Å². The van der Waals surface area contributed by atoms with E-state index in [1.807, 2.05) is 25.1 Å². The lowest BCUT2D eigenvalue weighted by atomic mass is 9.94. The van der Waals surface area contributed by atoms with Crippen LogP contribution in [-0.2, 0) is 6.42 Å². The zero-order valence-electron chi connectivity index (χ0n) is 19.5. The van der Waals surface area contributed by atoms with E-state index in [0.717, 1.165) is 23.3 Å². The fourth-order valence-electron chi connectivity index (χ4n) is 4.27. The molecule has 0 aliphatic carbocycles. The summed E-state index contributed by atoms with van der Waals surface area (Å²) in [4.78, 5) is 6.77. The highest BCUT2D eigenvalue weighted by Crippen LogP contribution is 2.37. The summed E-state index contributed by atoms with van der Waals surface area (Å²) in [7, 11) is 0. The number of nitrogens with one attached hydrogen (secondary N) is 1. The lowest BCUT2D eigenvalue weighted by Gasteiger charge is -2.37. The lowest BCUT2D eigenvalue weighted by molar-refractivity contribution is 0.397. The Balaban J connectivity index is 1.54. The van der Waals surface area contributed by atoms with Crippen molar-refractivity contribution in [2.75, 3.05) is 6.54 Å². The average Bonchev–Trinajstić information content (AvgIpc) is 3.35. The summed E-state index contributed by atoms with van der Waals surface area (Å²) in [5, 5.41) is 8.34. The maximum atomic E-state index is 13.4. The summed E-state index contributed by atoms with van der Waals surface area (Å²) in [5.74, 6) is 0.508. The highest BCUT2D eigenvalue weighted by atomic mass is 32.1. The number of aromatic nitrogens is 2. The van der Waals surface area contributed by atoms with Gasteiger partial charge in [0.15, 0.2) is 5.11 Å². The molecular formula is C28H25FN4OS. The Hall–Kier alpha value is -3.84. The molecule has 5 nitrogen and oxygen atoms in total. The summed E-state index contributed by atoms with van der Waals surface area (Å²) in [6.45, 7) is 4.81. The monoisotopic (exact) mass is 484 g/mol. The molecule has 0 bridgehead atoms. The van der Waals surface area contributed by atoms with Crippen LogP contribution in [0.3, 0.4) is 0 Å². The average molecular weight is 485 g/mol. The predicted octanol–water partition coefficient (Wildman–Crippen LogP) is 6.09. The number of rotatable bonds is 6. The number of allylic oxidation sites excluding steroid dienone is 1. The van der Waals surface area contributed by atoms with Crippen LogP contribution in [0.25, 0.3) is 17.0 Å². The van der Waals surface area contributed by atoms with Crippen LogP contribution < -0.4 is 5.32 Å². The van der Waals surface area contributed by atoms with Gasteiger partial charge in [-0.2, -0.15) is 4.98 Å². The van der Waals surface area contributed by atoms with Crippen molar-refractivity contribution in [3.05, 3.63) is 113 Å². The highest BCUT2D eigenvalue weighted by molar-refractivity contribution is 7.80. The van der Waals surface area contributed by atoms with Gasteiger partial charge in [0.05, 0.1) is 11.6 Å². The molecule has 0 spiro atoms. The SMILES string of the molecule is CC1=C(c2nc(-c3ccc(F)cc3)no2)C(c2ccc(C)cc2)NC(=S)N1CCc1ccccc1.